The van der Waals surface area contributed by atoms with Crippen LogP contribution in [0.5, 0.6) is 0 Å². The number of anilines is 1. The van der Waals surface area contributed by atoms with Crippen molar-refractivity contribution in [3.8, 4) is 0 Å². The molecule has 7 heteroatoms. The molecule has 0 aliphatic heterocycles. The Balaban J connectivity index is 1.84. The summed E-state index contributed by atoms with van der Waals surface area (Å²) in [6, 6.07) is 16.9. The number of carbonyl (C=O) groups excluding carboxylic acids is 3. The van der Waals surface area contributed by atoms with Crippen molar-refractivity contribution in [2.75, 3.05) is 5.32 Å². The van der Waals surface area contributed by atoms with Crippen LogP contribution in [-0.2, 0) is 4.79 Å². The molecule has 0 aliphatic rings. The number of hydrogen-bond donors (Lipinski definition) is 2. The van der Waals surface area contributed by atoms with Crippen molar-refractivity contribution >= 4 is 45.3 Å². The minimum Gasteiger partial charge on any atom is -0.459 e. The molecule has 0 saturated heterocycles. The van der Waals surface area contributed by atoms with E-state index in [2.05, 4.69) is 26.6 Å². The van der Waals surface area contributed by atoms with Gasteiger partial charge in [0.05, 0.1) is 6.26 Å². The Morgan fingerprint density at radius 3 is 2.24 bits per heavy atom. The van der Waals surface area contributed by atoms with Gasteiger partial charge < -0.3 is 15.1 Å². The first-order valence-corrected chi connectivity index (χ1v) is 9.46. The van der Waals surface area contributed by atoms with Crippen LogP contribution in [0.25, 0.3) is 6.08 Å². The molecule has 2 N–H and O–H groups in total. The molecule has 0 unspecified atom stereocenters. The molecule has 2 amide bonds. The molecule has 0 radical (unpaired) electrons. The lowest BCUT2D eigenvalue weighted by Gasteiger charge is -2.11. The zero-order valence-corrected chi connectivity index (χ0v) is 17.0. The fourth-order valence-electron chi connectivity index (χ4n) is 2.46. The number of furan rings is 1. The lowest BCUT2D eigenvalue weighted by Crippen LogP contribution is -2.30. The molecular formula is C22H17BrN2O4. The average Bonchev–Trinajstić information content (AvgIpc) is 3.24. The van der Waals surface area contributed by atoms with Crippen molar-refractivity contribution < 1.29 is 18.8 Å². The monoisotopic (exact) mass is 452 g/mol. The normalized spacial score (nSPS) is 11.0. The van der Waals surface area contributed by atoms with Gasteiger partial charge in [-0.3, -0.25) is 14.4 Å². The van der Waals surface area contributed by atoms with E-state index in [1.165, 1.54) is 19.3 Å². The lowest BCUT2D eigenvalue weighted by molar-refractivity contribution is -0.113. The molecule has 0 spiro atoms. The largest absolute Gasteiger partial charge is 0.459 e. The summed E-state index contributed by atoms with van der Waals surface area (Å²) < 4.78 is 5.98. The standard InChI is InChI=1S/C22H17BrN2O4/c1-14(26)16-6-10-18(11-7-16)24-21(27)19(13-15-4-8-17(23)9-5-15)25-22(28)20-3-2-12-29-20/h2-13H,1H3,(H,24,27)(H,25,28). The highest BCUT2D eigenvalue weighted by Gasteiger charge is 2.16. The third-order valence-electron chi connectivity index (χ3n) is 3.97. The van der Waals surface area contributed by atoms with Gasteiger partial charge in [-0.05, 0) is 67.1 Å². The van der Waals surface area contributed by atoms with Gasteiger partial charge in [0.25, 0.3) is 11.8 Å². The maximum absolute atomic E-state index is 12.8. The highest BCUT2D eigenvalue weighted by molar-refractivity contribution is 9.10. The molecule has 6 nitrogen and oxygen atoms in total. The molecule has 1 aromatic heterocycles. The van der Waals surface area contributed by atoms with Crippen LogP contribution in [0.2, 0.25) is 0 Å². The van der Waals surface area contributed by atoms with E-state index in [4.69, 9.17) is 4.42 Å². The second kappa shape index (κ2) is 9.16. The van der Waals surface area contributed by atoms with Crippen LogP contribution in [0.15, 0.2) is 81.5 Å². The summed E-state index contributed by atoms with van der Waals surface area (Å²) in [5, 5.41) is 5.30. The molecule has 146 valence electrons. The van der Waals surface area contributed by atoms with Crippen molar-refractivity contribution in [3.05, 3.63) is 94.0 Å². The van der Waals surface area contributed by atoms with E-state index in [1.54, 1.807) is 48.5 Å². The quantitative estimate of drug-likeness (QED) is 0.420. The Kier molecular flexibility index (Phi) is 6.41. The van der Waals surface area contributed by atoms with Gasteiger partial charge in [-0.1, -0.05) is 28.1 Å². The number of ketones is 1. The number of amides is 2. The molecule has 3 aromatic rings. The van der Waals surface area contributed by atoms with E-state index in [0.717, 1.165) is 10.0 Å². The molecular weight excluding hydrogens is 436 g/mol. The van der Waals surface area contributed by atoms with Crippen LogP contribution < -0.4 is 10.6 Å². The first kappa shape index (κ1) is 20.3. The zero-order chi connectivity index (χ0) is 20.8. The van der Waals surface area contributed by atoms with Crippen LogP contribution >= 0.6 is 15.9 Å². The third kappa shape index (κ3) is 5.52. The van der Waals surface area contributed by atoms with Gasteiger partial charge in [0.15, 0.2) is 11.5 Å². The number of halogens is 1. The molecule has 0 fully saturated rings. The zero-order valence-electron chi connectivity index (χ0n) is 15.4. The SMILES string of the molecule is CC(=O)c1ccc(NC(=O)C(=Cc2ccc(Br)cc2)NC(=O)c2ccco2)cc1. The van der Waals surface area contributed by atoms with Gasteiger partial charge in [0.2, 0.25) is 0 Å². The maximum atomic E-state index is 12.8. The number of nitrogens with one attached hydrogen (secondary N) is 2. The van der Waals surface area contributed by atoms with Crippen LogP contribution in [-0.4, -0.2) is 17.6 Å². The molecule has 2 aromatic carbocycles. The molecule has 0 saturated carbocycles. The predicted molar refractivity (Wildman–Crippen MR) is 113 cm³/mol. The summed E-state index contributed by atoms with van der Waals surface area (Å²) >= 11 is 3.36. The number of Topliss-reactive ketones (excluding diaryl/α,β-unsaturated/α-hetero) is 1. The Bertz CT molecular complexity index is 1050. The van der Waals surface area contributed by atoms with Gasteiger partial charge >= 0.3 is 0 Å². The number of carbonyl (C=O) groups is 3. The van der Waals surface area contributed by atoms with E-state index in [-0.39, 0.29) is 17.2 Å². The van der Waals surface area contributed by atoms with Gasteiger partial charge in [-0.25, -0.2) is 0 Å². The summed E-state index contributed by atoms with van der Waals surface area (Å²) in [5.74, 6) is -1.03. The Labute approximate surface area is 175 Å². The van der Waals surface area contributed by atoms with Gasteiger partial charge in [0.1, 0.15) is 5.70 Å². The molecule has 0 aliphatic carbocycles. The minimum atomic E-state index is -0.541. The summed E-state index contributed by atoms with van der Waals surface area (Å²) in [7, 11) is 0. The van der Waals surface area contributed by atoms with E-state index >= 15 is 0 Å². The van der Waals surface area contributed by atoms with Crippen molar-refractivity contribution in [2.45, 2.75) is 6.92 Å². The summed E-state index contributed by atoms with van der Waals surface area (Å²) in [5.41, 5.74) is 1.81. The van der Waals surface area contributed by atoms with Gasteiger partial charge in [0, 0.05) is 15.7 Å². The topological polar surface area (TPSA) is 88.4 Å². The summed E-state index contributed by atoms with van der Waals surface area (Å²) in [6.45, 7) is 1.47. The van der Waals surface area contributed by atoms with Crippen molar-refractivity contribution in [3.63, 3.8) is 0 Å². The summed E-state index contributed by atoms with van der Waals surface area (Å²) in [6.07, 6.45) is 2.94. The van der Waals surface area contributed by atoms with E-state index in [0.29, 0.717) is 11.3 Å². The highest BCUT2D eigenvalue weighted by Crippen LogP contribution is 2.15. The van der Waals surface area contributed by atoms with Gasteiger partial charge in [-0.15, -0.1) is 0 Å². The summed E-state index contributed by atoms with van der Waals surface area (Å²) in [4.78, 5) is 36.6. The van der Waals surface area contributed by atoms with E-state index in [9.17, 15) is 14.4 Å². The smallest absolute Gasteiger partial charge is 0.291 e. The third-order valence-corrected chi connectivity index (χ3v) is 4.50. The van der Waals surface area contributed by atoms with Gasteiger partial charge in [-0.2, -0.15) is 0 Å². The van der Waals surface area contributed by atoms with Crippen LogP contribution in [0.1, 0.15) is 33.4 Å². The predicted octanol–water partition coefficient (Wildman–Crippen LogP) is 4.65. The van der Waals surface area contributed by atoms with Crippen LogP contribution in [0.3, 0.4) is 0 Å². The molecule has 3 rings (SSSR count). The van der Waals surface area contributed by atoms with Crippen molar-refractivity contribution in [1.29, 1.82) is 0 Å². The highest BCUT2D eigenvalue weighted by atomic mass is 79.9. The first-order chi connectivity index (χ1) is 13.9. The number of benzene rings is 2. The molecule has 0 bridgehead atoms. The Morgan fingerprint density at radius 2 is 1.66 bits per heavy atom. The van der Waals surface area contributed by atoms with E-state index < -0.39 is 11.8 Å². The van der Waals surface area contributed by atoms with Crippen LogP contribution in [0.4, 0.5) is 5.69 Å². The van der Waals surface area contributed by atoms with E-state index in [1.807, 2.05) is 12.1 Å². The maximum Gasteiger partial charge on any atom is 0.291 e. The van der Waals surface area contributed by atoms with Crippen LogP contribution in [0, 0.1) is 0 Å². The fourth-order valence-corrected chi connectivity index (χ4v) is 2.73. The van der Waals surface area contributed by atoms with Crippen molar-refractivity contribution in [1.82, 2.24) is 5.32 Å². The lowest BCUT2D eigenvalue weighted by atomic mass is 10.1. The Morgan fingerprint density at radius 1 is 0.966 bits per heavy atom. The minimum absolute atomic E-state index is 0.0457. The number of rotatable bonds is 6. The Hall–Kier alpha value is -3.45. The average molecular weight is 453 g/mol. The molecule has 29 heavy (non-hydrogen) atoms. The molecule has 0 atom stereocenters. The fraction of sp³-hybridized carbons (Fsp3) is 0.0455. The second-order valence-electron chi connectivity index (χ2n) is 6.13. The first-order valence-electron chi connectivity index (χ1n) is 8.67. The number of hydrogen-bond acceptors (Lipinski definition) is 4. The second-order valence-corrected chi connectivity index (χ2v) is 7.04. The molecule has 1 heterocycles. The van der Waals surface area contributed by atoms with Crippen molar-refractivity contribution in [2.24, 2.45) is 0 Å².